The second kappa shape index (κ2) is 4.74. The zero-order valence-corrected chi connectivity index (χ0v) is 12.3. The highest BCUT2D eigenvalue weighted by atomic mass is 35.5. The maximum Gasteiger partial charge on any atom is 0.173 e. The van der Waals surface area contributed by atoms with Crippen molar-refractivity contribution >= 4 is 28.3 Å². The molecule has 0 saturated heterocycles. The van der Waals surface area contributed by atoms with Gasteiger partial charge in [-0.2, -0.15) is 0 Å². The smallest absolute Gasteiger partial charge is 0.173 e. The number of halogens is 2. The van der Waals surface area contributed by atoms with Gasteiger partial charge in [-0.3, -0.25) is 0 Å². The summed E-state index contributed by atoms with van der Waals surface area (Å²) in [4.78, 5) is 12.8. The fraction of sp³-hybridized carbons (Fsp3) is 0.0625. The second-order valence-corrected chi connectivity index (χ2v) is 5.52. The molecule has 0 aliphatic heterocycles. The molecule has 0 aromatic carbocycles. The molecule has 108 valence electrons. The number of nitrogens with zero attached hydrogens (tertiary/aromatic N) is 4. The first-order valence-corrected chi connectivity index (χ1v) is 7.05. The van der Waals surface area contributed by atoms with Gasteiger partial charge in [-0.05, 0) is 31.2 Å². The van der Waals surface area contributed by atoms with Crippen LogP contribution in [0.2, 0.25) is 5.02 Å². The largest absolute Gasteiger partial charge is 0.304 e. The van der Waals surface area contributed by atoms with Gasteiger partial charge in [-0.1, -0.05) is 11.6 Å². The van der Waals surface area contributed by atoms with Crippen molar-refractivity contribution in [3.63, 3.8) is 0 Å². The van der Waals surface area contributed by atoms with Crippen LogP contribution < -0.4 is 0 Å². The third-order valence-electron chi connectivity index (χ3n) is 3.43. The van der Waals surface area contributed by atoms with Crippen LogP contribution in [0, 0.1) is 12.7 Å². The van der Waals surface area contributed by atoms with Crippen LogP contribution in [0.1, 0.15) is 5.69 Å². The molecule has 0 radical (unpaired) electrons. The average molecular weight is 313 g/mol. The van der Waals surface area contributed by atoms with E-state index in [0.717, 1.165) is 11.1 Å². The van der Waals surface area contributed by atoms with E-state index in [1.54, 1.807) is 22.9 Å². The van der Waals surface area contributed by atoms with Crippen LogP contribution in [0.15, 0.2) is 42.9 Å². The third kappa shape index (κ3) is 2.10. The lowest BCUT2D eigenvalue weighted by Crippen LogP contribution is -1.93. The Labute approximate surface area is 130 Å². The van der Waals surface area contributed by atoms with Gasteiger partial charge in [0.1, 0.15) is 0 Å². The van der Waals surface area contributed by atoms with Crippen molar-refractivity contribution in [3.05, 3.63) is 59.4 Å². The Balaban J connectivity index is 1.92. The number of hydrogen-bond donors (Lipinski definition) is 0. The summed E-state index contributed by atoms with van der Waals surface area (Å²) in [6.45, 7) is 1.83. The van der Waals surface area contributed by atoms with Gasteiger partial charge in [-0.25, -0.2) is 19.3 Å². The summed E-state index contributed by atoms with van der Waals surface area (Å²) in [6.07, 6.45) is 5.13. The lowest BCUT2D eigenvalue weighted by Gasteiger charge is -2.05. The highest BCUT2D eigenvalue weighted by Gasteiger charge is 2.10. The average Bonchev–Trinajstić information content (AvgIpc) is 2.87. The Morgan fingerprint density at radius 1 is 1.14 bits per heavy atom. The zero-order valence-electron chi connectivity index (χ0n) is 11.6. The fourth-order valence-electron chi connectivity index (χ4n) is 2.46. The molecule has 22 heavy (non-hydrogen) atoms. The summed E-state index contributed by atoms with van der Waals surface area (Å²) < 4.78 is 15.8. The molecule has 0 amide bonds. The van der Waals surface area contributed by atoms with Crippen molar-refractivity contribution in [2.24, 2.45) is 0 Å². The fourth-order valence-corrected chi connectivity index (χ4v) is 2.63. The highest BCUT2D eigenvalue weighted by molar-refractivity contribution is 6.31. The maximum atomic E-state index is 14.2. The first-order chi connectivity index (χ1) is 10.6. The van der Waals surface area contributed by atoms with Crippen LogP contribution >= 0.6 is 11.6 Å². The number of pyridine rings is 3. The van der Waals surface area contributed by atoms with E-state index in [1.807, 2.05) is 25.3 Å². The first kappa shape index (κ1) is 13.2. The Bertz CT molecular complexity index is 1030. The topological polar surface area (TPSA) is 43.1 Å². The summed E-state index contributed by atoms with van der Waals surface area (Å²) in [6, 6.07) is 6.93. The van der Waals surface area contributed by atoms with Gasteiger partial charge in [0.05, 0.1) is 16.4 Å². The Hall–Kier alpha value is -2.53. The minimum absolute atomic E-state index is 0.312. The van der Waals surface area contributed by atoms with E-state index in [1.165, 1.54) is 6.07 Å². The molecule has 4 aromatic rings. The van der Waals surface area contributed by atoms with E-state index in [2.05, 4.69) is 15.0 Å². The van der Waals surface area contributed by atoms with Crippen LogP contribution in [0.3, 0.4) is 0 Å². The van der Waals surface area contributed by atoms with Crippen molar-refractivity contribution < 1.29 is 4.39 Å². The van der Waals surface area contributed by atoms with Crippen LogP contribution in [0.25, 0.3) is 27.9 Å². The summed E-state index contributed by atoms with van der Waals surface area (Å²) in [7, 11) is 0. The third-order valence-corrected chi connectivity index (χ3v) is 3.64. The molecule has 0 fully saturated rings. The van der Waals surface area contributed by atoms with Gasteiger partial charge in [0.25, 0.3) is 0 Å². The number of fused-ring (bicyclic) bond motifs is 2. The Morgan fingerprint density at radius 2 is 2.00 bits per heavy atom. The van der Waals surface area contributed by atoms with E-state index >= 15 is 0 Å². The van der Waals surface area contributed by atoms with Crippen molar-refractivity contribution in [2.75, 3.05) is 0 Å². The highest BCUT2D eigenvalue weighted by Crippen LogP contribution is 2.24. The molecule has 0 aliphatic carbocycles. The Kier molecular flexibility index (Phi) is 2.84. The van der Waals surface area contributed by atoms with Gasteiger partial charge < -0.3 is 4.40 Å². The molecule has 4 aromatic heterocycles. The van der Waals surface area contributed by atoms with E-state index < -0.39 is 0 Å². The number of aryl methyl sites for hydroxylation is 1. The van der Waals surface area contributed by atoms with Crippen LogP contribution in [0.4, 0.5) is 4.39 Å². The first-order valence-electron chi connectivity index (χ1n) is 6.68. The molecule has 0 aliphatic rings. The molecular weight excluding hydrogens is 303 g/mol. The van der Waals surface area contributed by atoms with Crippen molar-refractivity contribution in [2.45, 2.75) is 6.92 Å². The van der Waals surface area contributed by atoms with Crippen LogP contribution in [-0.2, 0) is 0 Å². The Morgan fingerprint density at radius 3 is 2.86 bits per heavy atom. The normalized spacial score (nSPS) is 11.4. The lowest BCUT2D eigenvalue weighted by molar-refractivity contribution is 0.630. The van der Waals surface area contributed by atoms with Gasteiger partial charge >= 0.3 is 0 Å². The molecule has 0 spiro atoms. The van der Waals surface area contributed by atoms with Crippen LogP contribution in [-0.4, -0.2) is 19.4 Å². The molecule has 6 heteroatoms. The number of aromatic nitrogens is 4. The minimum Gasteiger partial charge on any atom is -0.304 e. The predicted molar refractivity (Wildman–Crippen MR) is 83.4 cm³/mol. The van der Waals surface area contributed by atoms with Gasteiger partial charge in [-0.15, -0.1) is 0 Å². The van der Waals surface area contributed by atoms with E-state index in [9.17, 15) is 4.39 Å². The molecule has 0 saturated carbocycles. The predicted octanol–water partition coefficient (Wildman–Crippen LogP) is 4.05. The van der Waals surface area contributed by atoms with Gasteiger partial charge in [0.2, 0.25) is 0 Å². The number of hydrogen-bond acceptors (Lipinski definition) is 3. The summed E-state index contributed by atoms with van der Waals surface area (Å²) >= 11 is 5.91. The summed E-state index contributed by atoms with van der Waals surface area (Å²) in [5.74, 6) is -0.378. The minimum atomic E-state index is -0.378. The van der Waals surface area contributed by atoms with Gasteiger partial charge in [0, 0.05) is 29.5 Å². The van der Waals surface area contributed by atoms with E-state index in [0.29, 0.717) is 27.6 Å². The maximum absolute atomic E-state index is 14.2. The van der Waals surface area contributed by atoms with Crippen LogP contribution in [0.5, 0.6) is 0 Å². The summed E-state index contributed by atoms with van der Waals surface area (Å²) in [5.41, 5.74) is 2.96. The number of rotatable bonds is 1. The molecule has 0 N–H and O–H groups in total. The molecule has 4 heterocycles. The standard InChI is InChI=1S/C16H10ClFN4/c1-9-7-22-8-11(5-13(18)16(22)20-9)14-3-2-10-4-12(17)6-19-15(10)21-14/h2-8H,1H3. The van der Waals surface area contributed by atoms with Crippen molar-refractivity contribution in [1.82, 2.24) is 19.4 Å². The SMILES string of the molecule is Cc1cn2cc(-c3ccc4cc(Cl)cnc4n3)cc(F)c2n1. The van der Waals surface area contributed by atoms with Crippen molar-refractivity contribution in [1.29, 1.82) is 0 Å². The summed E-state index contributed by atoms with van der Waals surface area (Å²) in [5, 5.41) is 1.40. The molecular formula is C16H10ClFN4. The molecule has 4 nitrogen and oxygen atoms in total. The van der Waals surface area contributed by atoms with Gasteiger partial charge in [0.15, 0.2) is 17.1 Å². The van der Waals surface area contributed by atoms with E-state index in [-0.39, 0.29) is 5.82 Å². The second-order valence-electron chi connectivity index (χ2n) is 5.09. The van der Waals surface area contributed by atoms with E-state index in [4.69, 9.17) is 11.6 Å². The molecule has 0 atom stereocenters. The molecule has 0 unspecified atom stereocenters. The monoisotopic (exact) mass is 312 g/mol. The lowest BCUT2D eigenvalue weighted by atomic mass is 10.1. The zero-order chi connectivity index (χ0) is 15.3. The quantitative estimate of drug-likeness (QED) is 0.532. The molecule has 4 rings (SSSR count). The van der Waals surface area contributed by atoms with Crippen molar-refractivity contribution in [3.8, 4) is 11.3 Å². The number of imidazole rings is 1. The molecule has 0 bridgehead atoms.